The minimum atomic E-state index is -4.61. The molecule has 3 unspecified atom stereocenters. The largest absolute Gasteiger partial charge is 0.756 e. The molecule has 0 radical (unpaired) electrons. The van der Waals surface area contributed by atoms with Gasteiger partial charge in [-0.25, -0.2) is 0 Å². The lowest BCUT2D eigenvalue weighted by atomic mass is 10.0. The molecule has 0 aromatic rings. The number of aliphatic hydroxyl groups is 1. The second-order valence-electron chi connectivity index (χ2n) is 17.4. The number of hydrogen-bond acceptors (Lipinski definition) is 6. The highest BCUT2D eigenvalue weighted by atomic mass is 31.2. The van der Waals surface area contributed by atoms with Gasteiger partial charge in [-0.1, -0.05) is 189 Å². The van der Waals surface area contributed by atoms with Crippen molar-refractivity contribution in [2.45, 2.75) is 206 Å². The summed E-state index contributed by atoms with van der Waals surface area (Å²) in [6.45, 7) is 4.47. The first kappa shape index (κ1) is 57.9. The standard InChI is InChI=1S/C51H93N2O6P/c1-6-8-10-12-14-16-18-20-22-23-24-25-26-27-28-29-31-32-34-36-38-40-42-44-50(54)49(48-59-60(56,57)58-47-46-53(3,4)5)52-51(55)45-43-41-39-37-35-33-30-21-19-17-15-13-11-9-7-2/h9,11,15,17,21,30,34-37,42,44,49-50,54H,6-8,10,12-14,16,18-20,22-29,31-33,38-41,43,45-48H2,1-5H3,(H-,52,55,56,57)/b11-9-,17-15-,30-21-,36-34+,37-35-,44-42+. The first-order valence-electron chi connectivity index (χ1n) is 24.3. The highest BCUT2D eigenvalue weighted by molar-refractivity contribution is 7.45. The molecule has 0 saturated heterocycles. The number of nitrogens with one attached hydrogen (secondary N) is 1. The maximum atomic E-state index is 12.8. The highest BCUT2D eigenvalue weighted by Crippen LogP contribution is 2.38. The van der Waals surface area contributed by atoms with Crippen LogP contribution in [-0.4, -0.2) is 68.5 Å². The van der Waals surface area contributed by atoms with Crippen molar-refractivity contribution in [2.24, 2.45) is 0 Å². The number of carbonyl (C=O) groups excluding carboxylic acids is 1. The Morgan fingerprint density at radius 3 is 1.55 bits per heavy atom. The number of allylic oxidation sites excluding steroid dienone is 11. The summed E-state index contributed by atoms with van der Waals surface area (Å²) in [5, 5.41) is 13.8. The molecule has 2 N–H and O–H groups in total. The maximum Gasteiger partial charge on any atom is 0.268 e. The summed E-state index contributed by atoms with van der Waals surface area (Å²) < 4.78 is 23.2. The van der Waals surface area contributed by atoms with Crippen LogP contribution in [0.15, 0.2) is 72.9 Å². The zero-order valence-electron chi connectivity index (χ0n) is 39.4. The number of amides is 1. The Morgan fingerprint density at radius 2 is 1.03 bits per heavy atom. The lowest BCUT2D eigenvalue weighted by Crippen LogP contribution is -2.45. The van der Waals surface area contributed by atoms with Crippen molar-refractivity contribution in [3.05, 3.63) is 72.9 Å². The summed E-state index contributed by atoms with van der Waals surface area (Å²) in [5.41, 5.74) is 0. The molecule has 0 fully saturated rings. The number of likely N-dealkylation sites (N-methyl/N-ethyl adjacent to an activating group) is 1. The van der Waals surface area contributed by atoms with Gasteiger partial charge in [-0.15, -0.1) is 0 Å². The van der Waals surface area contributed by atoms with Crippen molar-refractivity contribution in [1.29, 1.82) is 0 Å². The molecule has 0 aromatic carbocycles. The monoisotopic (exact) mass is 861 g/mol. The van der Waals surface area contributed by atoms with Crippen LogP contribution in [0.2, 0.25) is 0 Å². The Morgan fingerprint density at radius 1 is 0.600 bits per heavy atom. The van der Waals surface area contributed by atoms with Gasteiger partial charge < -0.3 is 28.8 Å². The van der Waals surface area contributed by atoms with Crippen LogP contribution in [0.1, 0.15) is 194 Å². The SMILES string of the molecule is CC/C=C\C/C=C\C/C=C\C/C=C\CCCCC(=O)NC(COP(=O)([O-])OCC[N+](C)(C)C)C(O)/C=C/CC/C=C/CCCCCCCCCCCCCCCCCCC. The number of phosphoric acid groups is 1. The number of carbonyl (C=O) groups is 1. The average Bonchev–Trinajstić information content (AvgIpc) is 3.20. The number of aliphatic hydroxyl groups excluding tert-OH is 1. The molecule has 0 saturated carbocycles. The van der Waals surface area contributed by atoms with Crippen molar-refractivity contribution >= 4 is 13.7 Å². The topological polar surface area (TPSA) is 108 Å². The summed E-state index contributed by atoms with van der Waals surface area (Å²) in [7, 11) is 1.21. The van der Waals surface area contributed by atoms with Gasteiger partial charge in [-0.2, -0.15) is 0 Å². The normalized spacial score (nSPS) is 14.8. The van der Waals surface area contributed by atoms with Crippen molar-refractivity contribution in [1.82, 2.24) is 5.32 Å². The number of quaternary nitrogens is 1. The zero-order valence-corrected chi connectivity index (χ0v) is 40.3. The third kappa shape index (κ3) is 44.0. The van der Waals surface area contributed by atoms with E-state index >= 15 is 0 Å². The molecule has 3 atom stereocenters. The van der Waals surface area contributed by atoms with Crippen molar-refractivity contribution < 1.29 is 32.9 Å². The van der Waals surface area contributed by atoms with Gasteiger partial charge >= 0.3 is 0 Å². The summed E-state index contributed by atoms with van der Waals surface area (Å²) in [5.74, 6) is -0.250. The second-order valence-corrected chi connectivity index (χ2v) is 18.8. The summed E-state index contributed by atoms with van der Waals surface area (Å²) >= 11 is 0. The van der Waals surface area contributed by atoms with Crippen molar-refractivity contribution in [3.8, 4) is 0 Å². The molecular formula is C51H93N2O6P. The smallest absolute Gasteiger partial charge is 0.268 e. The Kier molecular flexibility index (Phi) is 40.8. The van der Waals surface area contributed by atoms with E-state index in [1.54, 1.807) is 6.08 Å². The van der Waals surface area contributed by atoms with Gasteiger partial charge in [-0.05, 0) is 70.6 Å². The molecule has 0 aromatic heterocycles. The molecule has 8 nitrogen and oxygen atoms in total. The third-order valence-corrected chi connectivity index (χ3v) is 11.4. The number of hydrogen-bond donors (Lipinski definition) is 2. The fraction of sp³-hybridized carbons (Fsp3) is 0.745. The molecule has 348 valence electrons. The molecule has 0 rings (SSSR count). The molecule has 60 heavy (non-hydrogen) atoms. The predicted molar refractivity (Wildman–Crippen MR) is 256 cm³/mol. The van der Waals surface area contributed by atoms with E-state index in [1.807, 2.05) is 27.2 Å². The lowest BCUT2D eigenvalue weighted by Gasteiger charge is -2.29. The first-order valence-corrected chi connectivity index (χ1v) is 25.8. The molecule has 0 aliphatic carbocycles. The second kappa shape index (κ2) is 42.3. The van der Waals surface area contributed by atoms with Gasteiger partial charge in [-0.3, -0.25) is 9.36 Å². The van der Waals surface area contributed by atoms with E-state index in [-0.39, 0.29) is 18.9 Å². The molecule has 0 aliphatic rings. The molecule has 0 bridgehead atoms. The Bertz CT molecular complexity index is 1200. The molecule has 9 heteroatoms. The van der Waals surface area contributed by atoms with Crippen LogP contribution < -0.4 is 10.2 Å². The van der Waals surface area contributed by atoms with Crippen LogP contribution >= 0.6 is 7.82 Å². The van der Waals surface area contributed by atoms with E-state index in [4.69, 9.17) is 9.05 Å². The fourth-order valence-electron chi connectivity index (χ4n) is 6.57. The Labute approximate surface area is 370 Å². The fourth-order valence-corrected chi connectivity index (χ4v) is 7.29. The summed E-state index contributed by atoms with van der Waals surface area (Å²) in [6, 6.07) is -0.928. The quantitative estimate of drug-likeness (QED) is 0.0274. The molecular weight excluding hydrogens is 768 g/mol. The number of nitrogens with zero attached hydrogens (tertiary/aromatic N) is 1. The van der Waals surface area contributed by atoms with Crippen molar-refractivity contribution in [3.63, 3.8) is 0 Å². The van der Waals surface area contributed by atoms with Crippen LogP contribution in [0.5, 0.6) is 0 Å². The van der Waals surface area contributed by atoms with E-state index in [2.05, 4.69) is 79.9 Å². The van der Waals surface area contributed by atoms with E-state index in [9.17, 15) is 19.4 Å². The predicted octanol–water partition coefficient (Wildman–Crippen LogP) is 13.3. The van der Waals surface area contributed by atoms with Gasteiger partial charge in [0.2, 0.25) is 5.91 Å². The lowest BCUT2D eigenvalue weighted by molar-refractivity contribution is -0.870. The van der Waals surface area contributed by atoms with Gasteiger partial charge in [0.1, 0.15) is 13.2 Å². The Balaban J connectivity index is 4.43. The summed E-state index contributed by atoms with van der Waals surface area (Å²) in [4.78, 5) is 25.3. The van der Waals surface area contributed by atoms with Crippen LogP contribution in [0.25, 0.3) is 0 Å². The van der Waals surface area contributed by atoms with Gasteiger partial charge in [0.15, 0.2) is 0 Å². The van der Waals surface area contributed by atoms with E-state index in [0.29, 0.717) is 17.4 Å². The number of unbranched alkanes of at least 4 members (excludes halogenated alkanes) is 20. The number of phosphoric ester groups is 1. The molecule has 0 spiro atoms. The van der Waals surface area contributed by atoms with Crippen LogP contribution in [0.4, 0.5) is 0 Å². The zero-order chi connectivity index (χ0) is 44.3. The minimum absolute atomic E-state index is 0.0178. The minimum Gasteiger partial charge on any atom is -0.756 e. The van der Waals surface area contributed by atoms with E-state index in [1.165, 1.54) is 109 Å². The molecule has 0 heterocycles. The van der Waals surface area contributed by atoms with Gasteiger partial charge in [0, 0.05) is 6.42 Å². The first-order chi connectivity index (χ1) is 29.0. The highest BCUT2D eigenvalue weighted by Gasteiger charge is 2.23. The van der Waals surface area contributed by atoms with Crippen LogP contribution in [0, 0.1) is 0 Å². The third-order valence-electron chi connectivity index (χ3n) is 10.4. The van der Waals surface area contributed by atoms with Crippen molar-refractivity contribution in [2.75, 3.05) is 40.9 Å². The van der Waals surface area contributed by atoms with Crippen LogP contribution in [-0.2, 0) is 18.4 Å². The van der Waals surface area contributed by atoms with Gasteiger partial charge in [0.25, 0.3) is 7.82 Å². The number of rotatable bonds is 43. The van der Waals surface area contributed by atoms with Gasteiger partial charge in [0.05, 0.1) is 39.9 Å². The van der Waals surface area contributed by atoms with E-state index in [0.717, 1.165) is 57.8 Å². The summed E-state index contributed by atoms with van der Waals surface area (Å²) in [6.07, 6.45) is 56.9. The molecule has 1 amide bonds. The van der Waals surface area contributed by atoms with E-state index < -0.39 is 26.6 Å². The Hall–Kier alpha value is -2.06. The van der Waals surface area contributed by atoms with Crippen LogP contribution in [0.3, 0.4) is 0 Å². The molecule has 0 aliphatic heterocycles. The average molecular weight is 861 g/mol. The maximum absolute atomic E-state index is 12.8.